The first-order valence-corrected chi connectivity index (χ1v) is 7.74. The predicted molar refractivity (Wildman–Crippen MR) is 90.8 cm³/mol. The summed E-state index contributed by atoms with van der Waals surface area (Å²) in [5.41, 5.74) is 1.61. The Morgan fingerprint density at radius 2 is 1.96 bits per heavy atom. The van der Waals surface area contributed by atoms with Crippen LogP contribution in [0.3, 0.4) is 0 Å². The Bertz CT molecular complexity index is 716. The Morgan fingerprint density at radius 1 is 1.25 bits per heavy atom. The van der Waals surface area contributed by atoms with Crippen molar-refractivity contribution in [1.82, 2.24) is 5.32 Å². The summed E-state index contributed by atoms with van der Waals surface area (Å²) in [6, 6.07) is 13.6. The van der Waals surface area contributed by atoms with Crippen LogP contribution in [0.5, 0.6) is 0 Å². The smallest absolute Gasteiger partial charge is 0.273 e. The summed E-state index contributed by atoms with van der Waals surface area (Å²) < 4.78 is 0. The van der Waals surface area contributed by atoms with E-state index in [4.69, 9.17) is 5.11 Å². The number of aliphatic hydroxyl groups is 1. The highest BCUT2D eigenvalue weighted by Crippen LogP contribution is 2.22. The van der Waals surface area contributed by atoms with E-state index in [1.54, 1.807) is 19.1 Å². The van der Waals surface area contributed by atoms with Gasteiger partial charge in [0.25, 0.3) is 11.6 Å². The molecule has 2 rings (SSSR count). The largest absolute Gasteiger partial charge is 0.396 e. The maximum Gasteiger partial charge on any atom is 0.273 e. The maximum atomic E-state index is 12.5. The lowest BCUT2D eigenvalue weighted by Crippen LogP contribution is -2.28. The molecule has 1 unspecified atom stereocenters. The minimum Gasteiger partial charge on any atom is -0.396 e. The Labute approximate surface area is 140 Å². The van der Waals surface area contributed by atoms with Crippen LogP contribution in [0.4, 0.5) is 5.69 Å². The van der Waals surface area contributed by atoms with Crippen LogP contribution in [0, 0.1) is 17.0 Å². The maximum absolute atomic E-state index is 12.5. The molecule has 0 radical (unpaired) electrons. The lowest BCUT2D eigenvalue weighted by Gasteiger charge is -2.19. The van der Waals surface area contributed by atoms with E-state index < -0.39 is 4.92 Å². The Morgan fingerprint density at radius 3 is 2.58 bits per heavy atom. The zero-order valence-corrected chi connectivity index (χ0v) is 13.4. The van der Waals surface area contributed by atoms with E-state index in [1.165, 1.54) is 6.07 Å². The van der Waals surface area contributed by atoms with Crippen molar-refractivity contribution < 1.29 is 14.8 Å². The van der Waals surface area contributed by atoms with Gasteiger partial charge in [0, 0.05) is 23.8 Å². The van der Waals surface area contributed by atoms with Gasteiger partial charge in [-0.2, -0.15) is 0 Å². The van der Waals surface area contributed by atoms with Crippen molar-refractivity contribution in [2.45, 2.75) is 25.8 Å². The number of hydrogen-bond donors (Lipinski definition) is 2. The number of hydrogen-bond acceptors (Lipinski definition) is 4. The number of carbonyl (C=O) groups is 1. The molecular weight excluding hydrogens is 308 g/mol. The zero-order chi connectivity index (χ0) is 17.5. The molecule has 0 heterocycles. The predicted octanol–water partition coefficient (Wildman–Crippen LogP) is 3.15. The number of aliphatic hydroxyl groups excluding tert-OH is 1. The fourth-order valence-corrected chi connectivity index (χ4v) is 2.49. The van der Waals surface area contributed by atoms with Crippen LogP contribution in [-0.4, -0.2) is 22.5 Å². The minimum atomic E-state index is -0.493. The average Bonchev–Trinajstić information content (AvgIpc) is 2.59. The van der Waals surface area contributed by atoms with Crippen molar-refractivity contribution >= 4 is 11.6 Å². The minimum absolute atomic E-state index is 0.0369. The van der Waals surface area contributed by atoms with Crippen LogP contribution in [0.15, 0.2) is 48.5 Å². The SMILES string of the molecule is Cc1ccc(C(=O)NC(CCCO)c2ccccc2)cc1[N+](=O)[O-]. The molecule has 6 heteroatoms. The highest BCUT2D eigenvalue weighted by molar-refractivity contribution is 5.95. The summed E-state index contributed by atoms with van der Waals surface area (Å²) in [5.74, 6) is -0.370. The molecule has 24 heavy (non-hydrogen) atoms. The first-order valence-electron chi connectivity index (χ1n) is 7.74. The molecule has 0 bridgehead atoms. The fourth-order valence-electron chi connectivity index (χ4n) is 2.49. The molecule has 126 valence electrons. The molecule has 0 spiro atoms. The van der Waals surface area contributed by atoms with Crippen LogP contribution in [0.25, 0.3) is 0 Å². The second kappa shape index (κ2) is 8.21. The van der Waals surface area contributed by atoms with E-state index >= 15 is 0 Å². The molecule has 0 aromatic heterocycles. The summed E-state index contributed by atoms with van der Waals surface area (Å²) in [5, 5.41) is 23.0. The van der Waals surface area contributed by atoms with Gasteiger partial charge in [0.15, 0.2) is 0 Å². The third kappa shape index (κ3) is 4.39. The number of nitrogens with one attached hydrogen (secondary N) is 1. The second-order valence-electron chi connectivity index (χ2n) is 5.56. The van der Waals surface area contributed by atoms with Crippen LogP contribution in [0.1, 0.15) is 40.4 Å². The number of nitro groups is 1. The number of nitro benzene ring substituents is 1. The number of amides is 1. The highest BCUT2D eigenvalue weighted by Gasteiger charge is 2.18. The standard InChI is InChI=1S/C18H20N2O4/c1-13-9-10-15(12-17(13)20(23)24)18(22)19-16(8-5-11-21)14-6-3-2-4-7-14/h2-4,6-7,9-10,12,16,21H,5,8,11H2,1H3,(H,19,22). The van der Waals surface area contributed by atoms with Crippen LogP contribution in [0.2, 0.25) is 0 Å². The van der Waals surface area contributed by atoms with E-state index in [1.807, 2.05) is 30.3 Å². The molecule has 0 saturated heterocycles. The summed E-state index contributed by atoms with van der Waals surface area (Å²) in [4.78, 5) is 23.0. The van der Waals surface area contributed by atoms with Crippen molar-refractivity contribution in [3.63, 3.8) is 0 Å². The second-order valence-corrected chi connectivity index (χ2v) is 5.56. The number of carbonyl (C=O) groups excluding carboxylic acids is 1. The van der Waals surface area contributed by atoms with Crippen LogP contribution in [-0.2, 0) is 0 Å². The average molecular weight is 328 g/mol. The molecule has 2 aromatic rings. The van der Waals surface area contributed by atoms with Crippen molar-refractivity contribution in [3.8, 4) is 0 Å². The topological polar surface area (TPSA) is 92.5 Å². The van der Waals surface area contributed by atoms with Crippen LogP contribution >= 0.6 is 0 Å². The molecule has 1 atom stereocenters. The third-order valence-electron chi connectivity index (χ3n) is 3.83. The molecule has 6 nitrogen and oxygen atoms in total. The highest BCUT2D eigenvalue weighted by atomic mass is 16.6. The van der Waals surface area contributed by atoms with Gasteiger partial charge in [-0.1, -0.05) is 36.4 Å². The van der Waals surface area contributed by atoms with Crippen molar-refractivity contribution in [3.05, 3.63) is 75.3 Å². The van der Waals surface area contributed by atoms with E-state index in [0.717, 1.165) is 5.56 Å². The summed E-state index contributed by atoms with van der Waals surface area (Å²) >= 11 is 0. The number of benzene rings is 2. The fraction of sp³-hybridized carbons (Fsp3) is 0.278. The zero-order valence-electron chi connectivity index (χ0n) is 13.4. The lowest BCUT2D eigenvalue weighted by molar-refractivity contribution is -0.385. The van der Waals surface area contributed by atoms with Gasteiger partial charge in [0.05, 0.1) is 11.0 Å². The summed E-state index contributed by atoms with van der Waals surface area (Å²) in [6.07, 6.45) is 1.13. The van der Waals surface area contributed by atoms with Gasteiger partial charge in [-0.05, 0) is 31.4 Å². The van der Waals surface area contributed by atoms with Gasteiger partial charge in [-0.15, -0.1) is 0 Å². The summed E-state index contributed by atoms with van der Waals surface area (Å²) in [6.45, 7) is 1.67. The molecule has 1 amide bonds. The number of aryl methyl sites for hydroxylation is 1. The van der Waals surface area contributed by atoms with Gasteiger partial charge >= 0.3 is 0 Å². The van der Waals surface area contributed by atoms with E-state index in [-0.39, 0.29) is 29.8 Å². The van der Waals surface area contributed by atoms with Crippen molar-refractivity contribution in [1.29, 1.82) is 0 Å². The Balaban J connectivity index is 2.21. The third-order valence-corrected chi connectivity index (χ3v) is 3.83. The molecular formula is C18H20N2O4. The summed E-state index contributed by atoms with van der Waals surface area (Å²) in [7, 11) is 0. The van der Waals surface area contributed by atoms with Crippen molar-refractivity contribution in [2.75, 3.05) is 6.61 Å². The van der Waals surface area contributed by atoms with Gasteiger partial charge in [0.2, 0.25) is 0 Å². The monoisotopic (exact) mass is 328 g/mol. The van der Waals surface area contributed by atoms with Crippen molar-refractivity contribution in [2.24, 2.45) is 0 Å². The van der Waals surface area contributed by atoms with Gasteiger partial charge in [0.1, 0.15) is 0 Å². The number of nitrogens with zero attached hydrogens (tertiary/aromatic N) is 1. The first kappa shape index (κ1) is 17.6. The number of rotatable bonds is 7. The van der Waals surface area contributed by atoms with Crippen LogP contribution < -0.4 is 5.32 Å². The van der Waals surface area contributed by atoms with E-state index in [2.05, 4.69) is 5.32 Å². The van der Waals surface area contributed by atoms with E-state index in [9.17, 15) is 14.9 Å². The molecule has 0 aliphatic rings. The molecule has 0 aliphatic carbocycles. The normalized spacial score (nSPS) is 11.8. The quantitative estimate of drug-likeness (QED) is 0.603. The van der Waals surface area contributed by atoms with Gasteiger partial charge in [-0.25, -0.2) is 0 Å². The first-order chi connectivity index (χ1) is 11.5. The van der Waals surface area contributed by atoms with E-state index in [0.29, 0.717) is 18.4 Å². The van der Waals surface area contributed by atoms with Gasteiger partial charge < -0.3 is 10.4 Å². The Hall–Kier alpha value is -2.73. The molecule has 0 saturated carbocycles. The van der Waals surface area contributed by atoms with Gasteiger partial charge in [-0.3, -0.25) is 14.9 Å². The molecule has 2 aromatic carbocycles. The lowest BCUT2D eigenvalue weighted by atomic mass is 10.0. The molecule has 0 fully saturated rings. The molecule has 2 N–H and O–H groups in total. The Kier molecular flexibility index (Phi) is 6.03. The molecule has 0 aliphatic heterocycles.